The number of nitrogens with one attached hydrogen (secondary N) is 1. The summed E-state index contributed by atoms with van der Waals surface area (Å²) in [6.07, 6.45) is 0.0500. The van der Waals surface area contributed by atoms with Crippen molar-refractivity contribution in [3.63, 3.8) is 0 Å². The van der Waals surface area contributed by atoms with Crippen LogP contribution in [-0.2, 0) is 4.84 Å². The van der Waals surface area contributed by atoms with E-state index in [-0.39, 0.29) is 11.5 Å². The molecule has 0 aromatic heterocycles. The lowest BCUT2D eigenvalue weighted by atomic mass is 9.99. The van der Waals surface area contributed by atoms with Gasteiger partial charge in [0.15, 0.2) is 0 Å². The smallest absolute Gasteiger partial charge is 0.335 e. The molecule has 22 heavy (non-hydrogen) atoms. The molecule has 7 nitrogen and oxygen atoms in total. The standard InChI is InChI=1S/C14H14ClN3O4/c15-11-10(5-2-6-16-11)13-18(21)12(17-22-13)8-3-1-4-9(7-8)14(19)20/h1,3-4,7,10,12-13,17H,2,5-6H2/p+1. The van der Waals surface area contributed by atoms with Crippen LogP contribution in [0.1, 0.15) is 34.9 Å². The van der Waals surface area contributed by atoms with E-state index >= 15 is 0 Å². The summed E-state index contributed by atoms with van der Waals surface area (Å²) in [5.74, 6) is -1.31. The van der Waals surface area contributed by atoms with Gasteiger partial charge in [-0.3, -0.25) is 4.99 Å². The molecule has 2 heterocycles. The molecular formula is C14H15ClN3O4+. The molecule has 3 unspecified atom stereocenters. The minimum atomic E-state index is -1.04. The fraction of sp³-hybridized carbons (Fsp3) is 0.429. The first-order chi connectivity index (χ1) is 10.6. The Hall–Kier alpha value is -1.83. The number of carboxylic acid groups (broad SMARTS) is 1. The van der Waals surface area contributed by atoms with E-state index in [1.54, 1.807) is 12.1 Å². The van der Waals surface area contributed by atoms with E-state index in [2.05, 4.69) is 10.5 Å². The summed E-state index contributed by atoms with van der Waals surface area (Å²) in [7, 11) is 0. The van der Waals surface area contributed by atoms with E-state index < -0.39 is 18.4 Å². The first kappa shape index (κ1) is 15.1. The SMILES string of the molecule is O=C(O)c1cccc(C2NOC(C3CCCN=C3Cl)[N+]2=O)c1. The van der Waals surface area contributed by atoms with Crippen LogP contribution in [0.4, 0.5) is 0 Å². The molecular weight excluding hydrogens is 310 g/mol. The summed E-state index contributed by atoms with van der Waals surface area (Å²) in [5.41, 5.74) is 3.31. The largest absolute Gasteiger partial charge is 0.478 e. The molecule has 0 radical (unpaired) electrons. The number of hydrogen-bond acceptors (Lipinski definition) is 5. The number of carboxylic acids is 1. The van der Waals surface area contributed by atoms with Crippen molar-refractivity contribution in [2.45, 2.75) is 25.2 Å². The van der Waals surface area contributed by atoms with Crippen LogP contribution in [0.15, 0.2) is 29.3 Å². The summed E-state index contributed by atoms with van der Waals surface area (Å²) in [4.78, 5) is 33.1. The van der Waals surface area contributed by atoms with E-state index in [0.717, 1.165) is 17.6 Å². The molecule has 116 valence electrons. The molecule has 2 N–H and O–H groups in total. The van der Waals surface area contributed by atoms with Crippen molar-refractivity contribution < 1.29 is 19.5 Å². The van der Waals surface area contributed by atoms with E-state index in [1.807, 2.05) is 0 Å². The number of rotatable bonds is 3. The fourth-order valence-electron chi connectivity index (χ4n) is 2.69. The van der Waals surface area contributed by atoms with Crippen LogP contribution in [0.3, 0.4) is 0 Å². The maximum atomic E-state index is 12.5. The quantitative estimate of drug-likeness (QED) is 0.831. The second kappa shape index (κ2) is 6.12. The summed E-state index contributed by atoms with van der Waals surface area (Å²) >= 11 is 6.09. The minimum absolute atomic E-state index is 0.119. The molecule has 1 aromatic carbocycles. The fourth-order valence-corrected chi connectivity index (χ4v) is 3.00. The van der Waals surface area contributed by atoms with E-state index in [9.17, 15) is 9.70 Å². The number of nitrogens with zero attached hydrogens (tertiary/aromatic N) is 2. The van der Waals surface area contributed by atoms with Crippen molar-refractivity contribution in [3.05, 3.63) is 40.3 Å². The van der Waals surface area contributed by atoms with Crippen LogP contribution in [0.25, 0.3) is 0 Å². The Morgan fingerprint density at radius 1 is 1.50 bits per heavy atom. The van der Waals surface area contributed by atoms with Gasteiger partial charge in [-0.05, 0) is 25.0 Å². The average Bonchev–Trinajstić information content (AvgIpc) is 2.89. The van der Waals surface area contributed by atoms with Gasteiger partial charge < -0.3 is 5.11 Å². The molecule has 3 rings (SSSR count). The predicted molar refractivity (Wildman–Crippen MR) is 78.7 cm³/mol. The summed E-state index contributed by atoms with van der Waals surface area (Å²) < 4.78 is 0.773. The predicted octanol–water partition coefficient (Wildman–Crippen LogP) is 2.07. The van der Waals surface area contributed by atoms with Gasteiger partial charge in [0.25, 0.3) is 0 Å². The Balaban J connectivity index is 1.82. The molecule has 0 spiro atoms. The summed E-state index contributed by atoms with van der Waals surface area (Å²) in [6, 6.07) is 6.19. The molecule has 2 aliphatic rings. The molecule has 0 saturated carbocycles. The molecule has 0 amide bonds. The van der Waals surface area contributed by atoms with Gasteiger partial charge in [-0.1, -0.05) is 23.7 Å². The van der Waals surface area contributed by atoms with Crippen molar-refractivity contribution in [1.82, 2.24) is 5.48 Å². The molecule has 0 aliphatic carbocycles. The highest BCUT2D eigenvalue weighted by atomic mass is 35.5. The maximum Gasteiger partial charge on any atom is 0.335 e. The normalized spacial score (nSPS) is 28.5. The van der Waals surface area contributed by atoms with Crippen molar-refractivity contribution in [2.24, 2.45) is 10.9 Å². The first-order valence-corrected chi connectivity index (χ1v) is 7.35. The van der Waals surface area contributed by atoms with Crippen LogP contribution in [-0.4, -0.2) is 33.8 Å². The molecule has 1 fully saturated rings. The second-order valence-corrected chi connectivity index (χ2v) is 5.66. The lowest BCUT2D eigenvalue weighted by Gasteiger charge is -2.18. The second-order valence-electron chi connectivity index (χ2n) is 5.27. The molecule has 1 saturated heterocycles. The van der Waals surface area contributed by atoms with E-state index in [4.69, 9.17) is 21.5 Å². The van der Waals surface area contributed by atoms with Gasteiger partial charge in [-0.25, -0.2) is 9.63 Å². The Labute approximate surface area is 131 Å². The number of hydroxylamine groups is 1. The van der Waals surface area contributed by atoms with Crippen molar-refractivity contribution in [3.8, 4) is 0 Å². The first-order valence-electron chi connectivity index (χ1n) is 6.97. The number of carbonyl (C=O) groups is 1. The van der Waals surface area contributed by atoms with Crippen molar-refractivity contribution in [1.29, 1.82) is 0 Å². The number of aromatic carboxylic acids is 1. The third-order valence-corrected chi connectivity index (χ3v) is 4.24. The zero-order valence-electron chi connectivity index (χ0n) is 11.6. The molecule has 8 heteroatoms. The Bertz CT molecular complexity index is 649. The molecule has 2 aliphatic heterocycles. The molecule has 0 bridgehead atoms. The van der Waals surface area contributed by atoms with Crippen LogP contribution in [0.2, 0.25) is 0 Å². The monoisotopic (exact) mass is 324 g/mol. The highest BCUT2D eigenvalue weighted by Gasteiger charge is 2.50. The number of benzene rings is 1. The van der Waals surface area contributed by atoms with Gasteiger partial charge in [0.05, 0.1) is 10.3 Å². The van der Waals surface area contributed by atoms with Gasteiger partial charge in [0, 0.05) is 17.0 Å². The Kier molecular flexibility index (Phi) is 4.19. The highest BCUT2D eigenvalue weighted by Crippen LogP contribution is 2.31. The average molecular weight is 325 g/mol. The Morgan fingerprint density at radius 3 is 3.05 bits per heavy atom. The van der Waals surface area contributed by atoms with Gasteiger partial charge in [-0.2, -0.15) is 0 Å². The minimum Gasteiger partial charge on any atom is -0.478 e. The number of nitroso groups, excluding NO2 is 1. The van der Waals surface area contributed by atoms with Crippen LogP contribution in [0, 0.1) is 10.8 Å². The lowest BCUT2D eigenvalue weighted by molar-refractivity contribution is -0.629. The van der Waals surface area contributed by atoms with Crippen LogP contribution >= 0.6 is 11.6 Å². The van der Waals surface area contributed by atoms with Crippen molar-refractivity contribution in [2.75, 3.05) is 6.54 Å². The van der Waals surface area contributed by atoms with E-state index in [0.29, 0.717) is 17.3 Å². The zero-order valence-corrected chi connectivity index (χ0v) is 12.4. The molecule has 3 atom stereocenters. The zero-order chi connectivity index (χ0) is 15.7. The molecule has 1 aromatic rings. The van der Waals surface area contributed by atoms with Gasteiger partial charge in [0.2, 0.25) is 0 Å². The van der Waals surface area contributed by atoms with E-state index in [1.165, 1.54) is 12.1 Å². The maximum absolute atomic E-state index is 12.5. The summed E-state index contributed by atoms with van der Waals surface area (Å²) in [6.45, 7) is 0.665. The van der Waals surface area contributed by atoms with Crippen molar-refractivity contribution >= 4 is 22.7 Å². The highest BCUT2D eigenvalue weighted by molar-refractivity contribution is 6.66. The third kappa shape index (κ3) is 2.75. The third-order valence-electron chi connectivity index (χ3n) is 3.84. The van der Waals surface area contributed by atoms with Gasteiger partial charge in [-0.15, -0.1) is 5.48 Å². The summed E-state index contributed by atoms with van der Waals surface area (Å²) in [5, 5.41) is 9.43. The van der Waals surface area contributed by atoms with Gasteiger partial charge >= 0.3 is 18.4 Å². The Morgan fingerprint density at radius 2 is 2.32 bits per heavy atom. The lowest BCUT2D eigenvalue weighted by Crippen LogP contribution is -2.34. The topological polar surface area (TPSA) is 91.0 Å². The van der Waals surface area contributed by atoms with Gasteiger partial charge in [0.1, 0.15) is 11.1 Å². The number of halogens is 1. The van der Waals surface area contributed by atoms with Crippen LogP contribution in [0.5, 0.6) is 0 Å². The van der Waals surface area contributed by atoms with Crippen LogP contribution < -0.4 is 5.48 Å². The number of aliphatic imine (C=N–C) groups is 1. The number of hydrogen-bond donors (Lipinski definition) is 2.